The van der Waals surface area contributed by atoms with Crippen LogP contribution in [0.2, 0.25) is 0 Å². The number of alkyl halides is 3. The number of nitriles is 1. The van der Waals surface area contributed by atoms with Crippen molar-refractivity contribution in [3.05, 3.63) is 70.8 Å². The standard InChI is InChI=1S/C23H22F3NO2S/c1-5-28-21(30)29-20(17-8-6-7-9-19(17)23(24,25)26)18(14-27)15-10-12-16(13-11-15)22(2,3)4/h6-13H,5H2,1-4H3. The number of hydrogen-bond donors (Lipinski definition) is 0. The molecular formula is C23H22F3NO2S. The summed E-state index contributed by atoms with van der Waals surface area (Å²) in [6, 6.07) is 13.9. The van der Waals surface area contributed by atoms with Gasteiger partial charge in [0.25, 0.3) is 0 Å². The van der Waals surface area contributed by atoms with Gasteiger partial charge in [0.05, 0.1) is 12.2 Å². The zero-order chi connectivity index (χ0) is 22.5. The van der Waals surface area contributed by atoms with Crippen molar-refractivity contribution in [1.82, 2.24) is 0 Å². The lowest BCUT2D eigenvalue weighted by atomic mass is 9.86. The van der Waals surface area contributed by atoms with E-state index in [1.165, 1.54) is 18.2 Å². The zero-order valence-electron chi connectivity index (χ0n) is 17.1. The Morgan fingerprint density at radius 1 is 1.03 bits per heavy atom. The van der Waals surface area contributed by atoms with Gasteiger partial charge in [0.2, 0.25) is 0 Å². The summed E-state index contributed by atoms with van der Waals surface area (Å²) in [6.45, 7) is 7.96. The molecule has 2 aromatic rings. The molecule has 0 heterocycles. The summed E-state index contributed by atoms with van der Waals surface area (Å²) >= 11 is 4.98. The minimum absolute atomic E-state index is 0.0748. The van der Waals surface area contributed by atoms with Crippen LogP contribution < -0.4 is 0 Å². The molecule has 3 nitrogen and oxygen atoms in total. The first kappa shape index (κ1) is 23.4. The van der Waals surface area contributed by atoms with Crippen LogP contribution in [0.25, 0.3) is 11.3 Å². The maximum atomic E-state index is 13.6. The van der Waals surface area contributed by atoms with Gasteiger partial charge in [-0.25, -0.2) is 0 Å². The molecule has 0 atom stereocenters. The van der Waals surface area contributed by atoms with E-state index in [0.29, 0.717) is 5.56 Å². The van der Waals surface area contributed by atoms with Gasteiger partial charge in [-0.3, -0.25) is 0 Å². The maximum Gasteiger partial charge on any atom is 0.417 e. The fourth-order valence-corrected chi connectivity index (χ4v) is 2.98. The quantitative estimate of drug-likeness (QED) is 0.232. The smallest absolute Gasteiger partial charge is 0.417 e. The third-order valence-electron chi connectivity index (χ3n) is 4.30. The first-order valence-electron chi connectivity index (χ1n) is 9.25. The Bertz CT molecular complexity index is 981. The van der Waals surface area contributed by atoms with E-state index in [-0.39, 0.29) is 34.2 Å². The number of halogens is 3. The molecule has 2 rings (SSSR count). The van der Waals surface area contributed by atoms with E-state index in [1.807, 2.05) is 39.0 Å². The van der Waals surface area contributed by atoms with Crippen LogP contribution in [0.5, 0.6) is 0 Å². The summed E-state index contributed by atoms with van der Waals surface area (Å²) in [4.78, 5) is 0. The lowest BCUT2D eigenvalue weighted by Gasteiger charge is -2.20. The molecule has 0 bridgehead atoms. The summed E-state index contributed by atoms with van der Waals surface area (Å²) in [5.41, 5.74) is 0.0211. The molecule has 7 heteroatoms. The highest BCUT2D eigenvalue weighted by Crippen LogP contribution is 2.38. The van der Waals surface area contributed by atoms with Gasteiger partial charge in [-0.05, 0) is 29.5 Å². The average molecular weight is 433 g/mol. The normalized spacial score (nSPS) is 12.6. The van der Waals surface area contributed by atoms with Crippen molar-refractivity contribution < 1.29 is 22.6 Å². The van der Waals surface area contributed by atoms with E-state index < -0.39 is 11.7 Å². The third kappa shape index (κ3) is 5.61. The van der Waals surface area contributed by atoms with Gasteiger partial charge in [-0.1, -0.05) is 63.2 Å². The number of nitrogens with zero attached hydrogens (tertiary/aromatic N) is 1. The van der Waals surface area contributed by atoms with Crippen molar-refractivity contribution in [2.75, 3.05) is 6.61 Å². The Labute approximate surface area is 179 Å². The molecule has 0 aromatic heterocycles. The molecule has 0 aliphatic rings. The van der Waals surface area contributed by atoms with Crippen LogP contribution in [0.3, 0.4) is 0 Å². The van der Waals surface area contributed by atoms with Gasteiger partial charge in [0, 0.05) is 17.8 Å². The zero-order valence-corrected chi connectivity index (χ0v) is 17.9. The SMILES string of the molecule is CCOC(=S)OC(=C(C#N)c1ccc(C(C)(C)C)cc1)c1ccccc1C(F)(F)F. The van der Waals surface area contributed by atoms with E-state index in [4.69, 9.17) is 21.7 Å². The Balaban J connectivity index is 2.73. The summed E-state index contributed by atoms with van der Waals surface area (Å²) in [7, 11) is 0. The van der Waals surface area contributed by atoms with Crippen molar-refractivity contribution in [3.63, 3.8) is 0 Å². The molecular weight excluding hydrogens is 411 g/mol. The predicted molar refractivity (Wildman–Crippen MR) is 114 cm³/mol. The van der Waals surface area contributed by atoms with E-state index in [9.17, 15) is 18.4 Å². The molecule has 2 aromatic carbocycles. The van der Waals surface area contributed by atoms with Crippen molar-refractivity contribution in [2.45, 2.75) is 39.3 Å². The third-order valence-corrected chi connectivity index (χ3v) is 4.50. The molecule has 30 heavy (non-hydrogen) atoms. The van der Waals surface area contributed by atoms with E-state index in [0.717, 1.165) is 11.6 Å². The Morgan fingerprint density at radius 2 is 1.63 bits per heavy atom. The molecule has 0 saturated carbocycles. The molecule has 0 radical (unpaired) electrons. The number of thiocarbonyl (C=S) groups is 1. The number of allylic oxidation sites excluding steroid dienone is 1. The molecule has 0 amide bonds. The van der Waals surface area contributed by atoms with Crippen LogP contribution >= 0.6 is 12.2 Å². The van der Waals surface area contributed by atoms with Crippen LogP contribution in [-0.4, -0.2) is 11.8 Å². The minimum Gasteiger partial charge on any atom is -0.457 e. The van der Waals surface area contributed by atoms with Gasteiger partial charge < -0.3 is 9.47 Å². The van der Waals surface area contributed by atoms with Crippen molar-refractivity contribution in [3.8, 4) is 6.07 Å². The van der Waals surface area contributed by atoms with Gasteiger partial charge in [0.1, 0.15) is 11.6 Å². The van der Waals surface area contributed by atoms with Crippen molar-refractivity contribution in [1.29, 1.82) is 5.26 Å². The summed E-state index contributed by atoms with van der Waals surface area (Å²) in [5, 5.41) is 9.47. The van der Waals surface area contributed by atoms with Gasteiger partial charge in [-0.2, -0.15) is 18.4 Å². The Kier molecular flexibility index (Phi) is 7.27. The first-order chi connectivity index (χ1) is 14.0. The molecule has 0 aliphatic heterocycles. The molecule has 0 unspecified atom stereocenters. The second kappa shape index (κ2) is 9.31. The number of benzene rings is 2. The van der Waals surface area contributed by atoms with E-state index in [2.05, 4.69) is 0 Å². The Morgan fingerprint density at radius 3 is 2.13 bits per heavy atom. The molecule has 0 N–H and O–H groups in total. The topological polar surface area (TPSA) is 42.2 Å². The number of rotatable bonds is 4. The molecule has 0 aliphatic carbocycles. The van der Waals surface area contributed by atoms with Crippen molar-refractivity contribution in [2.24, 2.45) is 0 Å². The van der Waals surface area contributed by atoms with E-state index in [1.54, 1.807) is 19.1 Å². The summed E-state index contributed by atoms with van der Waals surface area (Å²) < 4.78 is 51.5. The molecule has 158 valence electrons. The fraction of sp³-hybridized carbons (Fsp3) is 0.304. The minimum atomic E-state index is -4.64. The number of hydrogen-bond acceptors (Lipinski definition) is 4. The van der Waals surface area contributed by atoms with Gasteiger partial charge in [0.15, 0.2) is 5.76 Å². The fourth-order valence-electron chi connectivity index (χ4n) is 2.78. The largest absolute Gasteiger partial charge is 0.457 e. The number of ether oxygens (including phenoxy) is 2. The highest BCUT2D eigenvalue weighted by molar-refractivity contribution is 7.79. The summed E-state index contributed by atoms with van der Waals surface area (Å²) in [6.07, 6.45) is -4.64. The highest BCUT2D eigenvalue weighted by atomic mass is 32.1. The molecule has 0 fully saturated rings. The Hall–Kier alpha value is -2.85. The highest BCUT2D eigenvalue weighted by Gasteiger charge is 2.35. The van der Waals surface area contributed by atoms with Gasteiger partial charge in [-0.15, -0.1) is 0 Å². The maximum absolute atomic E-state index is 13.6. The molecule has 0 spiro atoms. The van der Waals surface area contributed by atoms with Crippen molar-refractivity contribution >= 4 is 28.8 Å². The first-order valence-corrected chi connectivity index (χ1v) is 9.66. The van der Waals surface area contributed by atoms with Gasteiger partial charge >= 0.3 is 11.4 Å². The van der Waals surface area contributed by atoms with Crippen LogP contribution in [0.1, 0.15) is 49.9 Å². The second-order valence-electron chi connectivity index (χ2n) is 7.47. The van der Waals surface area contributed by atoms with Crippen LogP contribution in [0.15, 0.2) is 48.5 Å². The van der Waals surface area contributed by atoms with Crippen LogP contribution in [0.4, 0.5) is 13.2 Å². The van der Waals surface area contributed by atoms with Crippen LogP contribution in [0, 0.1) is 11.3 Å². The predicted octanol–water partition coefficient (Wildman–Crippen LogP) is 6.73. The lowest BCUT2D eigenvalue weighted by Crippen LogP contribution is -2.13. The average Bonchev–Trinajstić information content (AvgIpc) is 2.67. The summed E-state index contributed by atoms with van der Waals surface area (Å²) in [5.74, 6) is -0.299. The lowest BCUT2D eigenvalue weighted by molar-refractivity contribution is -0.137. The van der Waals surface area contributed by atoms with Crippen LogP contribution in [-0.2, 0) is 21.1 Å². The molecule has 0 saturated heterocycles. The van der Waals surface area contributed by atoms with E-state index >= 15 is 0 Å². The second-order valence-corrected chi connectivity index (χ2v) is 7.81. The monoisotopic (exact) mass is 433 g/mol.